The standard InChI is InChI=1S/C16H19ClN4O2/c1-10(14-8-5-9-23-14)18-16(22)15-19-11(2)21(20-15)13-7-4-3-6-12(13)17/h3-4,6-7,10,14H,5,8-9H2,1-2H3,(H,18,22). The molecule has 2 aromatic rings. The summed E-state index contributed by atoms with van der Waals surface area (Å²) in [7, 11) is 0. The fourth-order valence-electron chi connectivity index (χ4n) is 2.70. The minimum Gasteiger partial charge on any atom is -0.376 e. The summed E-state index contributed by atoms with van der Waals surface area (Å²) in [6.07, 6.45) is 2.05. The average Bonchev–Trinajstić information content (AvgIpc) is 3.17. The molecule has 1 amide bonds. The normalized spacial score (nSPS) is 18.8. The van der Waals surface area contributed by atoms with E-state index in [1.807, 2.05) is 25.1 Å². The number of hydrogen-bond donors (Lipinski definition) is 1. The van der Waals surface area contributed by atoms with Crippen molar-refractivity contribution in [2.75, 3.05) is 6.61 Å². The van der Waals surface area contributed by atoms with Crippen LogP contribution in [0.3, 0.4) is 0 Å². The van der Waals surface area contributed by atoms with Gasteiger partial charge in [0.1, 0.15) is 5.82 Å². The SMILES string of the molecule is Cc1nc(C(=O)NC(C)C2CCCO2)nn1-c1ccccc1Cl. The second-order valence-corrected chi connectivity index (χ2v) is 6.07. The fraction of sp³-hybridized carbons (Fsp3) is 0.438. The molecule has 0 spiro atoms. The van der Waals surface area contributed by atoms with Gasteiger partial charge in [0.15, 0.2) is 0 Å². The number of benzene rings is 1. The van der Waals surface area contributed by atoms with Crippen LogP contribution in [0.2, 0.25) is 5.02 Å². The van der Waals surface area contributed by atoms with Crippen molar-refractivity contribution >= 4 is 17.5 Å². The van der Waals surface area contributed by atoms with Gasteiger partial charge in [0.05, 0.1) is 22.9 Å². The summed E-state index contributed by atoms with van der Waals surface area (Å²) in [6.45, 7) is 4.48. The van der Waals surface area contributed by atoms with Gasteiger partial charge >= 0.3 is 0 Å². The quantitative estimate of drug-likeness (QED) is 0.932. The molecule has 2 atom stereocenters. The highest BCUT2D eigenvalue weighted by molar-refractivity contribution is 6.32. The molecule has 0 aliphatic carbocycles. The number of aromatic nitrogens is 3. The molecule has 7 heteroatoms. The number of nitrogens with one attached hydrogen (secondary N) is 1. The first-order valence-corrected chi connectivity index (χ1v) is 8.05. The predicted octanol–water partition coefficient (Wildman–Crippen LogP) is 2.53. The first-order chi connectivity index (χ1) is 11.1. The fourth-order valence-corrected chi connectivity index (χ4v) is 2.91. The molecule has 0 bridgehead atoms. The monoisotopic (exact) mass is 334 g/mol. The molecular weight excluding hydrogens is 316 g/mol. The predicted molar refractivity (Wildman–Crippen MR) is 87.0 cm³/mol. The van der Waals surface area contributed by atoms with Gasteiger partial charge in [-0.15, -0.1) is 5.10 Å². The zero-order valence-electron chi connectivity index (χ0n) is 13.1. The molecule has 122 valence electrons. The van der Waals surface area contributed by atoms with Gasteiger partial charge < -0.3 is 10.1 Å². The maximum Gasteiger partial charge on any atom is 0.291 e. The Hall–Kier alpha value is -1.92. The number of ether oxygens (including phenoxy) is 1. The lowest BCUT2D eigenvalue weighted by atomic mass is 10.1. The summed E-state index contributed by atoms with van der Waals surface area (Å²) in [4.78, 5) is 16.6. The number of halogens is 1. The number of carbonyl (C=O) groups excluding carboxylic acids is 1. The van der Waals surface area contributed by atoms with Crippen molar-refractivity contribution in [3.8, 4) is 5.69 Å². The summed E-state index contributed by atoms with van der Waals surface area (Å²) < 4.78 is 7.16. The molecule has 3 rings (SSSR count). The van der Waals surface area contributed by atoms with E-state index in [1.54, 1.807) is 17.7 Å². The first-order valence-electron chi connectivity index (χ1n) is 7.67. The molecule has 1 fully saturated rings. The van der Waals surface area contributed by atoms with Crippen molar-refractivity contribution in [1.29, 1.82) is 0 Å². The number of nitrogens with zero attached hydrogens (tertiary/aromatic N) is 3. The minimum atomic E-state index is -0.304. The van der Waals surface area contributed by atoms with E-state index in [9.17, 15) is 4.79 Å². The number of amides is 1. The third kappa shape index (κ3) is 3.38. The van der Waals surface area contributed by atoms with Crippen LogP contribution < -0.4 is 5.32 Å². The molecule has 1 aliphatic heterocycles. The van der Waals surface area contributed by atoms with E-state index in [0.29, 0.717) is 16.5 Å². The van der Waals surface area contributed by atoms with Crippen molar-refractivity contribution < 1.29 is 9.53 Å². The Morgan fingerprint density at radius 1 is 1.48 bits per heavy atom. The van der Waals surface area contributed by atoms with Crippen molar-refractivity contribution in [3.05, 3.63) is 40.9 Å². The van der Waals surface area contributed by atoms with E-state index in [1.165, 1.54) is 0 Å². The Balaban J connectivity index is 1.77. The number of para-hydroxylation sites is 1. The van der Waals surface area contributed by atoms with Crippen LogP contribution in [0.15, 0.2) is 24.3 Å². The smallest absolute Gasteiger partial charge is 0.291 e. The lowest BCUT2D eigenvalue weighted by Gasteiger charge is -2.18. The molecule has 1 aromatic carbocycles. The van der Waals surface area contributed by atoms with Crippen LogP contribution in [0, 0.1) is 6.92 Å². The van der Waals surface area contributed by atoms with E-state index in [2.05, 4.69) is 15.4 Å². The molecule has 1 saturated heterocycles. The van der Waals surface area contributed by atoms with Crippen LogP contribution in [-0.4, -0.2) is 39.4 Å². The lowest BCUT2D eigenvalue weighted by molar-refractivity contribution is 0.0706. The zero-order valence-corrected chi connectivity index (χ0v) is 13.9. The van der Waals surface area contributed by atoms with Crippen molar-refractivity contribution in [1.82, 2.24) is 20.1 Å². The molecule has 1 aromatic heterocycles. The molecule has 23 heavy (non-hydrogen) atoms. The Kier molecular flexibility index (Phi) is 4.63. The van der Waals surface area contributed by atoms with Gasteiger partial charge in [-0.25, -0.2) is 9.67 Å². The number of aryl methyl sites for hydroxylation is 1. The van der Waals surface area contributed by atoms with Gasteiger partial charge in [-0.3, -0.25) is 4.79 Å². The van der Waals surface area contributed by atoms with Crippen molar-refractivity contribution in [2.24, 2.45) is 0 Å². The van der Waals surface area contributed by atoms with E-state index in [4.69, 9.17) is 16.3 Å². The highest BCUT2D eigenvalue weighted by Gasteiger charge is 2.25. The van der Waals surface area contributed by atoms with Gasteiger partial charge in [-0.1, -0.05) is 23.7 Å². The Morgan fingerprint density at radius 3 is 2.96 bits per heavy atom. The third-order valence-corrected chi connectivity index (χ3v) is 4.25. The highest BCUT2D eigenvalue weighted by atomic mass is 35.5. The van der Waals surface area contributed by atoms with Crippen LogP contribution >= 0.6 is 11.6 Å². The second-order valence-electron chi connectivity index (χ2n) is 5.66. The average molecular weight is 335 g/mol. The Bertz CT molecular complexity index is 710. The van der Waals surface area contributed by atoms with Crippen LogP contribution in [-0.2, 0) is 4.74 Å². The lowest BCUT2D eigenvalue weighted by Crippen LogP contribution is -2.41. The zero-order chi connectivity index (χ0) is 16.4. The summed E-state index contributed by atoms with van der Waals surface area (Å²) in [6, 6.07) is 7.24. The van der Waals surface area contributed by atoms with Gasteiger partial charge in [0, 0.05) is 6.61 Å². The molecule has 6 nitrogen and oxygen atoms in total. The van der Waals surface area contributed by atoms with Gasteiger partial charge in [0.25, 0.3) is 5.91 Å². The maximum atomic E-state index is 12.4. The largest absolute Gasteiger partial charge is 0.376 e. The van der Waals surface area contributed by atoms with E-state index in [0.717, 1.165) is 19.4 Å². The van der Waals surface area contributed by atoms with Crippen LogP contribution in [0.1, 0.15) is 36.2 Å². The van der Waals surface area contributed by atoms with E-state index in [-0.39, 0.29) is 23.9 Å². The molecular formula is C16H19ClN4O2. The highest BCUT2D eigenvalue weighted by Crippen LogP contribution is 2.20. The van der Waals surface area contributed by atoms with Gasteiger partial charge in [-0.05, 0) is 38.8 Å². The molecule has 0 radical (unpaired) electrons. The third-order valence-electron chi connectivity index (χ3n) is 3.93. The minimum absolute atomic E-state index is 0.0608. The van der Waals surface area contributed by atoms with Crippen LogP contribution in [0.5, 0.6) is 0 Å². The molecule has 1 N–H and O–H groups in total. The Morgan fingerprint density at radius 2 is 2.26 bits per heavy atom. The van der Waals surface area contributed by atoms with E-state index >= 15 is 0 Å². The van der Waals surface area contributed by atoms with Gasteiger partial charge in [-0.2, -0.15) is 0 Å². The number of carbonyl (C=O) groups is 1. The summed E-state index contributed by atoms with van der Waals surface area (Å²) in [5.41, 5.74) is 0.699. The number of rotatable bonds is 4. The topological polar surface area (TPSA) is 69.0 Å². The summed E-state index contributed by atoms with van der Waals surface area (Å²) >= 11 is 6.18. The summed E-state index contributed by atoms with van der Waals surface area (Å²) in [5, 5.41) is 7.75. The van der Waals surface area contributed by atoms with Crippen LogP contribution in [0.4, 0.5) is 0 Å². The van der Waals surface area contributed by atoms with Gasteiger partial charge in [0.2, 0.25) is 5.82 Å². The van der Waals surface area contributed by atoms with Crippen LogP contribution in [0.25, 0.3) is 5.69 Å². The maximum absolute atomic E-state index is 12.4. The van der Waals surface area contributed by atoms with E-state index < -0.39 is 0 Å². The molecule has 1 aliphatic rings. The summed E-state index contributed by atoms with van der Waals surface area (Å²) in [5.74, 6) is 0.433. The van der Waals surface area contributed by atoms with Crippen molar-refractivity contribution in [2.45, 2.75) is 38.8 Å². The first kappa shape index (κ1) is 16.0. The number of hydrogen-bond acceptors (Lipinski definition) is 4. The molecule has 0 saturated carbocycles. The Labute approximate surface area is 139 Å². The van der Waals surface area contributed by atoms with Crippen molar-refractivity contribution in [3.63, 3.8) is 0 Å². The molecule has 2 heterocycles. The molecule has 2 unspecified atom stereocenters. The second kappa shape index (κ2) is 6.68.